The Morgan fingerprint density at radius 2 is 2.00 bits per heavy atom. The monoisotopic (exact) mass is 303 g/mol. The minimum atomic E-state index is -1.08. The molecule has 1 amide bonds. The number of aromatic carboxylic acids is 1. The van der Waals surface area contributed by atoms with E-state index in [4.69, 9.17) is 14.3 Å². The van der Waals surface area contributed by atoms with E-state index in [9.17, 15) is 9.59 Å². The Morgan fingerprint density at radius 3 is 2.59 bits per heavy atom. The van der Waals surface area contributed by atoms with Crippen molar-refractivity contribution in [2.75, 3.05) is 13.7 Å². The summed E-state index contributed by atoms with van der Waals surface area (Å²) < 4.78 is 10.6. The first-order valence-corrected chi connectivity index (χ1v) is 6.70. The molecule has 0 aliphatic carbocycles. The summed E-state index contributed by atoms with van der Waals surface area (Å²) in [5.74, 6) is -0.149. The summed E-state index contributed by atoms with van der Waals surface area (Å²) in [5.41, 5.74) is 0.328. The van der Waals surface area contributed by atoms with Crippen LogP contribution in [-0.4, -0.2) is 30.7 Å². The van der Waals surface area contributed by atoms with Gasteiger partial charge in [-0.3, -0.25) is 4.79 Å². The second-order valence-corrected chi connectivity index (χ2v) is 4.82. The summed E-state index contributed by atoms with van der Waals surface area (Å²) in [6.07, 6.45) is 0. The Hall–Kier alpha value is -2.60. The Bertz CT molecular complexity index is 677. The van der Waals surface area contributed by atoms with Crippen molar-refractivity contribution >= 4 is 11.9 Å². The van der Waals surface area contributed by atoms with Gasteiger partial charge >= 0.3 is 5.97 Å². The molecule has 0 saturated heterocycles. The predicted octanol–water partition coefficient (Wildman–Crippen LogP) is 2.40. The minimum Gasteiger partial charge on any atom is -0.478 e. The van der Waals surface area contributed by atoms with Crippen molar-refractivity contribution in [2.45, 2.75) is 13.0 Å². The standard InChI is InChI=1S/C16H17NO5/c1-10-6-7-14(22-10)13(9-21-2)17-15(18)11-4-3-5-12(8-11)16(19)20/h3-8,13H,9H2,1-2H3,(H,17,18)(H,19,20). The van der Waals surface area contributed by atoms with Gasteiger partial charge in [0.25, 0.3) is 5.91 Å². The number of amides is 1. The lowest BCUT2D eigenvalue weighted by Crippen LogP contribution is -2.31. The normalized spacial score (nSPS) is 11.9. The van der Waals surface area contributed by atoms with E-state index in [0.29, 0.717) is 5.76 Å². The van der Waals surface area contributed by atoms with Gasteiger partial charge in [-0.2, -0.15) is 0 Å². The number of carboxylic acid groups (broad SMARTS) is 1. The van der Waals surface area contributed by atoms with E-state index in [0.717, 1.165) is 5.76 Å². The third-order valence-electron chi connectivity index (χ3n) is 3.11. The summed E-state index contributed by atoms with van der Waals surface area (Å²) in [5, 5.41) is 11.8. The van der Waals surface area contributed by atoms with E-state index in [2.05, 4.69) is 5.32 Å². The number of furan rings is 1. The molecular weight excluding hydrogens is 286 g/mol. The lowest BCUT2D eigenvalue weighted by Gasteiger charge is -2.16. The number of ether oxygens (including phenoxy) is 1. The number of rotatable bonds is 6. The molecule has 1 heterocycles. The highest BCUT2D eigenvalue weighted by Gasteiger charge is 2.19. The SMILES string of the molecule is COCC(NC(=O)c1cccc(C(=O)O)c1)c1ccc(C)o1. The summed E-state index contributed by atoms with van der Waals surface area (Å²) in [4.78, 5) is 23.2. The Kier molecular flexibility index (Phi) is 4.95. The van der Waals surface area contributed by atoms with Gasteiger partial charge in [-0.05, 0) is 37.3 Å². The number of benzene rings is 1. The van der Waals surface area contributed by atoms with Crippen molar-refractivity contribution in [3.8, 4) is 0 Å². The molecule has 0 aliphatic rings. The smallest absolute Gasteiger partial charge is 0.335 e. The number of aryl methyl sites for hydroxylation is 1. The number of hydrogen-bond donors (Lipinski definition) is 2. The number of carbonyl (C=O) groups excluding carboxylic acids is 1. The molecule has 22 heavy (non-hydrogen) atoms. The largest absolute Gasteiger partial charge is 0.478 e. The molecule has 0 spiro atoms. The van der Waals surface area contributed by atoms with Crippen LogP contribution in [0.3, 0.4) is 0 Å². The average molecular weight is 303 g/mol. The molecule has 1 unspecified atom stereocenters. The predicted molar refractivity (Wildman–Crippen MR) is 78.9 cm³/mol. The quantitative estimate of drug-likeness (QED) is 0.855. The molecular formula is C16H17NO5. The van der Waals surface area contributed by atoms with Gasteiger partial charge in [0.05, 0.1) is 12.2 Å². The molecule has 0 bridgehead atoms. The molecule has 1 aromatic heterocycles. The van der Waals surface area contributed by atoms with Gasteiger partial charge in [-0.15, -0.1) is 0 Å². The first-order chi connectivity index (χ1) is 10.5. The van der Waals surface area contributed by atoms with Crippen molar-refractivity contribution < 1.29 is 23.8 Å². The van der Waals surface area contributed by atoms with Gasteiger partial charge < -0.3 is 19.6 Å². The van der Waals surface area contributed by atoms with Crippen LogP contribution in [0.1, 0.15) is 38.3 Å². The fraction of sp³-hybridized carbons (Fsp3) is 0.250. The number of hydrogen-bond acceptors (Lipinski definition) is 4. The van der Waals surface area contributed by atoms with Crippen molar-refractivity contribution in [3.63, 3.8) is 0 Å². The zero-order chi connectivity index (χ0) is 16.1. The lowest BCUT2D eigenvalue weighted by molar-refractivity contribution is 0.0697. The van der Waals surface area contributed by atoms with Crippen molar-refractivity contribution in [3.05, 3.63) is 59.0 Å². The van der Waals surface area contributed by atoms with Gasteiger partial charge in [0.15, 0.2) is 0 Å². The van der Waals surface area contributed by atoms with Crippen LogP contribution in [0.2, 0.25) is 0 Å². The highest BCUT2D eigenvalue weighted by Crippen LogP contribution is 2.17. The van der Waals surface area contributed by atoms with Crippen LogP contribution < -0.4 is 5.32 Å². The number of carboxylic acids is 1. The topological polar surface area (TPSA) is 88.8 Å². The van der Waals surface area contributed by atoms with E-state index >= 15 is 0 Å². The molecule has 1 aromatic carbocycles. The molecule has 0 saturated carbocycles. The van der Waals surface area contributed by atoms with E-state index in [1.165, 1.54) is 25.3 Å². The maximum absolute atomic E-state index is 12.3. The Balaban J connectivity index is 2.17. The Morgan fingerprint density at radius 1 is 1.27 bits per heavy atom. The van der Waals surface area contributed by atoms with E-state index < -0.39 is 12.0 Å². The van der Waals surface area contributed by atoms with Crippen LogP contribution in [0.4, 0.5) is 0 Å². The van der Waals surface area contributed by atoms with E-state index in [1.54, 1.807) is 18.2 Å². The van der Waals surface area contributed by atoms with Crippen LogP contribution >= 0.6 is 0 Å². The summed E-state index contributed by atoms with van der Waals surface area (Å²) in [6, 6.07) is 8.97. The third-order valence-corrected chi connectivity index (χ3v) is 3.11. The molecule has 6 heteroatoms. The molecule has 2 aromatic rings. The van der Waals surface area contributed by atoms with E-state index in [-0.39, 0.29) is 23.6 Å². The second kappa shape index (κ2) is 6.91. The first kappa shape index (κ1) is 15.8. The van der Waals surface area contributed by atoms with Gasteiger partial charge in [-0.25, -0.2) is 4.79 Å². The van der Waals surface area contributed by atoms with Crippen molar-refractivity contribution in [1.29, 1.82) is 0 Å². The number of methoxy groups -OCH3 is 1. The van der Waals surface area contributed by atoms with Crippen LogP contribution in [0.25, 0.3) is 0 Å². The fourth-order valence-corrected chi connectivity index (χ4v) is 2.04. The minimum absolute atomic E-state index is 0.0600. The summed E-state index contributed by atoms with van der Waals surface area (Å²) in [6.45, 7) is 2.06. The zero-order valence-corrected chi connectivity index (χ0v) is 12.3. The van der Waals surface area contributed by atoms with Gasteiger partial charge in [0, 0.05) is 12.7 Å². The maximum atomic E-state index is 12.3. The zero-order valence-electron chi connectivity index (χ0n) is 12.3. The third kappa shape index (κ3) is 3.73. The molecule has 1 atom stereocenters. The molecule has 0 fully saturated rings. The molecule has 2 rings (SSSR count). The van der Waals surface area contributed by atoms with E-state index in [1.807, 2.05) is 6.92 Å². The molecule has 2 N–H and O–H groups in total. The number of nitrogens with one attached hydrogen (secondary N) is 1. The molecule has 0 aliphatic heterocycles. The highest BCUT2D eigenvalue weighted by atomic mass is 16.5. The molecule has 116 valence electrons. The Labute approximate surface area is 127 Å². The lowest BCUT2D eigenvalue weighted by atomic mass is 10.1. The van der Waals surface area contributed by atoms with Crippen molar-refractivity contribution in [2.24, 2.45) is 0 Å². The number of carbonyl (C=O) groups is 2. The fourth-order valence-electron chi connectivity index (χ4n) is 2.04. The van der Waals surface area contributed by atoms with Crippen LogP contribution in [0.5, 0.6) is 0 Å². The molecule has 0 radical (unpaired) electrons. The van der Waals surface area contributed by atoms with Gasteiger partial charge in [-0.1, -0.05) is 6.07 Å². The molecule has 6 nitrogen and oxygen atoms in total. The second-order valence-electron chi connectivity index (χ2n) is 4.82. The highest BCUT2D eigenvalue weighted by molar-refractivity contribution is 5.97. The van der Waals surface area contributed by atoms with Gasteiger partial charge in [0.2, 0.25) is 0 Å². The first-order valence-electron chi connectivity index (χ1n) is 6.70. The van der Waals surface area contributed by atoms with Crippen LogP contribution in [0.15, 0.2) is 40.8 Å². The van der Waals surface area contributed by atoms with Crippen LogP contribution in [-0.2, 0) is 4.74 Å². The summed E-state index contributed by atoms with van der Waals surface area (Å²) >= 11 is 0. The van der Waals surface area contributed by atoms with Crippen LogP contribution in [0, 0.1) is 6.92 Å². The summed E-state index contributed by atoms with van der Waals surface area (Å²) in [7, 11) is 1.53. The van der Waals surface area contributed by atoms with Crippen molar-refractivity contribution in [1.82, 2.24) is 5.32 Å². The van der Waals surface area contributed by atoms with Gasteiger partial charge in [0.1, 0.15) is 17.6 Å². The average Bonchev–Trinajstić information content (AvgIpc) is 2.93. The maximum Gasteiger partial charge on any atom is 0.335 e.